The molecule has 1 amide bonds. The van der Waals surface area contributed by atoms with Crippen LogP contribution in [0.1, 0.15) is 33.2 Å². The second-order valence-electron chi connectivity index (χ2n) is 7.80. The number of hydrogen-bond acceptors (Lipinski definition) is 7. The monoisotopic (exact) mass is 501 g/mol. The quantitative estimate of drug-likeness (QED) is 0.385. The number of nitrogens with zero attached hydrogens (tertiary/aromatic N) is 4. The first-order chi connectivity index (χ1) is 17.1. The Balaban J connectivity index is 1.54. The van der Waals surface area contributed by atoms with Crippen LogP contribution >= 0.6 is 0 Å². The number of hydrogen-bond donors (Lipinski definition) is 1. The number of aromatic nitrogens is 4. The Labute approximate surface area is 203 Å². The smallest absolute Gasteiger partial charge is 0.416 e. The number of carbonyl (C=O) groups excluding carboxylic acids is 1. The second kappa shape index (κ2) is 9.72. The van der Waals surface area contributed by atoms with E-state index in [1.54, 1.807) is 39.2 Å². The zero-order chi connectivity index (χ0) is 26.0. The molecule has 0 atom stereocenters. The lowest BCUT2D eigenvalue weighted by molar-refractivity contribution is -0.137. The van der Waals surface area contributed by atoms with Crippen LogP contribution in [0.5, 0.6) is 11.5 Å². The lowest BCUT2D eigenvalue weighted by Crippen LogP contribution is -2.15. The van der Waals surface area contributed by atoms with Gasteiger partial charge < -0.3 is 19.2 Å². The van der Waals surface area contributed by atoms with Crippen LogP contribution in [-0.4, -0.2) is 40.1 Å². The number of carbonyl (C=O) groups is 1. The van der Waals surface area contributed by atoms with E-state index in [2.05, 4.69) is 20.6 Å². The molecule has 4 aromatic rings. The van der Waals surface area contributed by atoms with E-state index in [-0.39, 0.29) is 17.9 Å². The Morgan fingerprint density at radius 2 is 1.89 bits per heavy atom. The summed E-state index contributed by atoms with van der Waals surface area (Å²) in [5, 5.41) is 10.4. The molecule has 0 saturated carbocycles. The van der Waals surface area contributed by atoms with Gasteiger partial charge in [-0.05, 0) is 44.2 Å². The first kappa shape index (κ1) is 24.8. The van der Waals surface area contributed by atoms with Crippen molar-refractivity contribution in [2.75, 3.05) is 19.5 Å². The number of ether oxygens (including phenoxy) is 2. The third-order valence-corrected chi connectivity index (χ3v) is 5.48. The first-order valence-electron chi connectivity index (χ1n) is 10.7. The maximum absolute atomic E-state index is 13.0. The molecule has 36 heavy (non-hydrogen) atoms. The predicted molar refractivity (Wildman–Crippen MR) is 123 cm³/mol. The fraction of sp³-hybridized carbons (Fsp3) is 0.250. The Bertz CT molecular complexity index is 1410. The van der Waals surface area contributed by atoms with Gasteiger partial charge in [0, 0.05) is 11.8 Å². The lowest BCUT2D eigenvalue weighted by Gasteiger charge is -2.09. The van der Waals surface area contributed by atoms with Gasteiger partial charge >= 0.3 is 6.18 Å². The summed E-state index contributed by atoms with van der Waals surface area (Å²) in [5.41, 5.74) is 0.696. The molecular formula is C24H22F3N5O4. The molecule has 9 nitrogen and oxygen atoms in total. The Morgan fingerprint density at radius 1 is 1.11 bits per heavy atom. The summed E-state index contributed by atoms with van der Waals surface area (Å²) in [6, 6.07) is 9.59. The molecule has 0 saturated heterocycles. The summed E-state index contributed by atoms with van der Waals surface area (Å²) in [6.45, 7) is 3.53. The minimum Gasteiger partial charge on any atom is -0.497 e. The third kappa shape index (κ3) is 5.02. The van der Waals surface area contributed by atoms with Crippen molar-refractivity contribution in [3.63, 3.8) is 0 Å². The van der Waals surface area contributed by atoms with Crippen LogP contribution in [0.2, 0.25) is 0 Å². The van der Waals surface area contributed by atoms with Gasteiger partial charge in [0.05, 0.1) is 37.6 Å². The van der Waals surface area contributed by atoms with E-state index in [9.17, 15) is 18.0 Å². The van der Waals surface area contributed by atoms with E-state index < -0.39 is 17.6 Å². The van der Waals surface area contributed by atoms with Crippen molar-refractivity contribution >= 4 is 11.6 Å². The highest BCUT2D eigenvalue weighted by molar-refractivity contribution is 6.03. The maximum atomic E-state index is 13.0. The van der Waals surface area contributed by atoms with E-state index in [1.165, 1.54) is 23.9 Å². The number of anilines is 1. The Kier molecular flexibility index (Phi) is 6.69. The highest BCUT2D eigenvalue weighted by atomic mass is 19.4. The molecule has 0 aliphatic carbocycles. The lowest BCUT2D eigenvalue weighted by atomic mass is 10.2. The van der Waals surface area contributed by atoms with Gasteiger partial charge in [-0.3, -0.25) is 4.79 Å². The van der Waals surface area contributed by atoms with Gasteiger partial charge in [0.25, 0.3) is 5.91 Å². The molecule has 0 bridgehead atoms. The standard InChI is InChI=1S/C24H22F3N5O4/c1-13-21(22(33)28-16-7-5-6-15(10-16)24(25,26)27)30-31-32(13)12-19-14(2)36-23(29-19)18-9-8-17(34-3)11-20(18)35-4/h5-11H,12H2,1-4H3,(H,28,33). The molecular weight excluding hydrogens is 479 g/mol. The highest BCUT2D eigenvalue weighted by Crippen LogP contribution is 2.34. The van der Waals surface area contributed by atoms with Crippen molar-refractivity contribution < 1.29 is 31.9 Å². The van der Waals surface area contributed by atoms with Gasteiger partial charge in [-0.15, -0.1) is 5.10 Å². The fourth-order valence-corrected chi connectivity index (χ4v) is 3.49. The largest absolute Gasteiger partial charge is 0.497 e. The van der Waals surface area contributed by atoms with Gasteiger partial charge in [0.15, 0.2) is 5.69 Å². The van der Waals surface area contributed by atoms with E-state index in [0.717, 1.165) is 12.1 Å². The number of nitrogens with one attached hydrogen (secondary N) is 1. The molecule has 0 spiro atoms. The van der Waals surface area contributed by atoms with Crippen LogP contribution in [0.15, 0.2) is 46.9 Å². The molecule has 2 heterocycles. The molecule has 0 fully saturated rings. The normalized spacial score (nSPS) is 11.4. The van der Waals surface area contributed by atoms with Crippen LogP contribution < -0.4 is 14.8 Å². The van der Waals surface area contributed by atoms with E-state index in [4.69, 9.17) is 13.9 Å². The summed E-state index contributed by atoms with van der Waals surface area (Å²) >= 11 is 0. The van der Waals surface area contributed by atoms with Gasteiger partial charge in [0.2, 0.25) is 5.89 Å². The van der Waals surface area contributed by atoms with Crippen LogP contribution in [0.25, 0.3) is 11.5 Å². The number of benzene rings is 2. The summed E-state index contributed by atoms with van der Waals surface area (Å²) in [4.78, 5) is 17.2. The molecule has 0 radical (unpaired) electrons. The van der Waals surface area contributed by atoms with Gasteiger partial charge in [-0.25, -0.2) is 9.67 Å². The number of alkyl halides is 3. The van der Waals surface area contributed by atoms with Crippen LogP contribution in [0.4, 0.5) is 18.9 Å². The van der Waals surface area contributed by atoms with Crippen molar-refractivity contribution in [1.29, 1.82) is 0 Å². The van der Waals surface area contributed by atoms with Gasteiger partial charge in [-0.2, -0.15) is 13.2 Å². The number of halogens is 3. The van der Waals surface area contributed by atoms with E-state index in [0.29, 0.717) is 40.1 Å². The summed E-state index contributed by atoms with van der Waals surface area (Å²) < 4.78 is 56.8. The zero-order valence-corrected chi connectivity index (χ0v) is 19.8. The third-order valence-electron chi connectivity index (χ3n) is 5.48. The average Bonchev–Trinajstić information content (AvgIpc) is 3.40. The van der Waals surface area contributed by atoms with Crippen molar-refractivity contribution in [3.8, 4) is 23.0 Å². The Morgan fingerprint density at radius 3 is 2.58 bits per heavy atom. The zero-order valence-electron chi connectivity index (χ0n) is 19.8. The van der Waals surface area contributed by atoms with Gasteiger partial charge in [0.1, 0.15) is 23.0 Å². The van der Waals surface area contributed by atoms with Crippen molar-refractivity contribution in [2.45, 2.75) is 26.6 Å². The topological polar surface area (TPSA) is 104 Å². The maximum Gasteiger partial charge on any atom is 0.416 e. The number of methoxy groups -OCH3 is 2. The molecule has 0 aliphatic heterocycles. The van der Waals surface area contributed by atoms with Crippen molar-refractivity contribution in [1.82, 2.24) is 20.0 Å². The molecule has 188 valence electrons. The Hall–Kier alpha value is -4.35. The van der Waals surface area contributed by atoms with Crippen molar-refractivity contribution in [2.24, 2.45) is 0 Å². The molecule has 12 heteroatoms. The summed E-state index contributed by atoms with van der Waals surface area (Å²) in [7, 11) is 3.08. The molecule has 2 aromatic heterocycles. The minimum atomic E-state index is -4.52. The fourth-order valence-electron chi connectivity index (χ4n) is 3.49. The molecule has 0 unspecified atom stereocenters. The summed E-state index contributed by atoms with van der Waals surface area (Å²) in [5.74, 6) is 1.33. The molecule has 4 rings (SSSR count). The van der Waals surface area contributed by atoms with Crippen LogP contribution in [-0.2, 0) is 12.7 Å². The van der Waals surface area contributed by atoms with E-state index >= 15 is 0 Å². The molecule has 2 aromatic carbocycles. The number of amides is 1. The second-order valence-corrected chi connectivity index (χ2v) is 7.80. The van der Waals surface area contributed by atoms with Crippen molar-refractivity contribution in [3.05, 3.63) is 70.9 Å². The first-order valence-corrected chi connectivity index (χ1v) is 10.7. The van der Waals surface area contributed by atoms with Crippen LogP contribution in [0, 0.1) is 13.8 Å². The minimum absolute atomic E-state index is 0.00537. The predicted octanol–water partition coefficient (Wildman–Crippen LogP) is 4.89. The summed E-state index contributed by atoms with van der Waals surface area (Å²) in [6.07, 6.45) is -4.52. The number of rotatable bonds is 7. The molecule has 1 N–H and O–H groups in total. The van der Waals surface area contributed by atoms with Gasteiger partial charge in [-0.1, -0.05) is 11.3 Å². The van der Waals surface area contributed by atoms with E-state index in [1.807, 2.05) is 0 Å². The highest BCUT2D eigenvalue weighted by Gasteiger charge is 2.30. The van der Waals surface area contributed by atoms with Crippen LogP contribution in [0.3, 0.4) is 0 Å². The average molecular weight is 501 g/mol. The molecule has 0 aliphatic rings. The number of oxazole rings is 1. The number of aryl methyl sites for hydroxylation is 1. The SMILES string of the molecule is COc1ccc(-c2nc(Cn3nnc(C(=O)Nc4cccc(C(F)(F)F)c4)c3C)c(C)o2)c(OC)c1.